The van der Waals surface area contributed by atoms with Gasteiger partial charge in [-0.2, -0.15) is 31.6 Å². The SMILES string of the molecule is CC1(C(F)(F)F)OC(=O)N(c2ccc(C#N)c(C(F)(F)F)c2)C1=O. The Kier molecular flexibility index (Phi) is 3.75. The molecule has 1 unspecified atom stereocenters. The average Bonchev–Trinajstić information content (AvgIpc) is 2.68. The van der Waals surface area contributed by atoms with Gasteiger partial charge in [-0.1, -0.05) is 0 Å². The molecule has 11 heteroatoms. The number of carbonyl (C=O) groups is 2. The van der Waals surface area contributed by atoms with E-state index in [0.29, 0.717) is 13.0 Å². The standard InChI is InChI=1S/C13H6F6N2O3/c1-11(13(17,18)19)9(22)21(10(23)24-11)7-3-2-6(5-20)8(4-7)12(14,15)16/h2-4H,1H3. The number of hydrogen-bond acceptors (Lipinski definition) is 4. The number of hydrogen-bond donors (Lipinski definition) is 0. The molecule has 0 saturated carbocycles. The third-order valence-corrected chi connectivity index (χ3v) is 3.31. The Morgan fingerprint density at radius 2 is 1.75 bits per heavy atom. The lowest BCUT2D eigenvalue weighted by Crippen LogP contribution is -2.50. The zero-order chi connectivity index (χ0) is 18.5. The number of cyclic esters (lactones) is 1. The molecule has 0 aromatic heterocycles. The molecule has 0 N–H and O–H groups in total. The summed E-state index contributed by atoms with van der Waals surface area (Å²) in [7, 11) is 0. The molecule has 0 bridgehead atoms. The molecule has 24 heavy (non-hydrogen) atoms. The molecule has 5 nitrogen and oxygen atoms in total. The summed E-state index contributed by atoms with van der Waals surface area (Å²) in [6.07, 6.45) is -12.0. The third kappa shape index (κ3) is 2.53. The number of amides is 2. The van der Waals surface area contributed by atoms with E-state index in [9.17, 15) is 35.9 Å². The van der Waals surface area contributed by atoms with Gasteiger partial charge in [-0.3, -0.25) is 4.79 Å². The van der Waals surface area contributed by atoms with Gasteiger partial charge in [0.05, 0.1) is 22.9 Å². The van der Waals surface area contributed by atoms with Crippen LogP contribution in [-0.4, -0.2) is 23.8 Å². The minimum Gasteiger partial charge on any atom is -0.422 e. The van der Waals surface area contributed by atoms with E-state index < -0.39 is 46.8 Å². The first-order valence-electron chi connectivity index (χ1n) is 6.08. The summed E-state index contributed by atoms with van der Waals surface area (Å²) in [5.41, 5.74) is -6.60. The van der Waals surface area contributed by atoms with Crippen molar-refractivity contribution in [3.05, 3.63) is 29.3 Å². The van der Waals surface area contributed by atoms with Crippen LogP contribution >= 0.6 is 0 Å². The van der Waals surface area contributed by atoms with Crippen LogP contribution in [0.15, 0.2) is 18.2 Å². The first-order valence-corrected chi connectivity index (χ1v) is 6.08. The maximum Gasteiger partial charge on any atom is 0.437 e. The van der Waals surface area contributed by atoms with Crippen LogP contribution in [0.3, 0.4) is 0 Å². The molecule has 128 valence electrons. The Morgan fingerprint density at radius 3 is 2.17 bits per heavy atom. The number of benzene rings is 1. The van der Waals surface area contributed by atoms with Crippen LogP contribution < -0.4 is 4.90 Å². The van der Waals surface area contributed by atoms with E-state index in [1.807, 2.05) is 0 Å². The molecule has 1 aromatic rings. The van der Waals surface area contributed by atoms with Crippen LogP contribution in [0, 0.1) is 11.3 Å². The van der Waals surface area contributed by atoms with E-state index in [0.717, 1.165) is 6.07 Å². The quantitative estimate of drug-likeness (QED) is 0.727. The van der Waals surface area contributed by atoms with Crippen LogP contribution in [-0.2, 0) is 15.7 Å². The highest BCUT2D eigenvalue weighted by Gasteiger charge is 2.67. The van der Waals surface area contributed by atoms with Gasteiger partial charge in [0.1, 0.15) is 0 Å². The van der Waals surface area contributed by atoms with E-state index in [2.05, 4.69) is 4.74 Å². The van der Waals surface area contributed by atoms with Crippen LogP contribution in [0.5, 0.6) is 0 Å². The van der Waals surface area contributed by atoms with Crippen molar-refractivity contribution in [3.8, 4) is 6.07 Å². The Hall–Kier alpha value is -2.77. The highest BCUT2D eigenvalue weighted by molar-refractivity contribution is 6.20. The smallest absolute Gasteiger partial charge is 0.422 e. The zero-order valence-electron chi connectivity index (χ0n) is 11.6. The fourth-order valence-corrected chi connectivity index (χ4v) is 1.97. The summed E-state index contributed by atoms with van der Waals surface area (Å²) in [6, 6.07) is 2.89. The number of anilines is 1. The molecule has 1 fully saturated rings. The minimum absolute atomic E-state index is 0.149. The Morgan fingerprint density at radius 1 is 1.17 bits per heavy atom. The Balaban J connectivity index is 2.56. The van der Waals surface area contributed by atoms with Crippen molar-refractivity contribution in [2.24, 2.45) is 0 Å². The van der Waals surface area contributed by atoms with Gasteiger partial charge in [-0.15, -0.1) is 0 Å². The van der Waals surface area contributed by atoms with Crippen LogP contribution in [0.4, 0.5) is 36.8 Å². The van der Waals surface area contributed by atoms with Gasteiger partial charge >= 0.3 is 18.4 Å². The fourth-order valence-electron chi connectivity index (χ4n) is 1.97. The van der Waals surface area contributed by atoms with Gasteiger partial charge in [0, 0.05) is 0 Å². The fraction of sp³-hybridized carbons (Fsp3) is 0.308. The number of alkyl halides is 6. The average molecular weight is 352 g/mol. The van der Waals surface area contributed by atoms with Crippen molar-refractivity contribution in [1.29, 1.82) is 5.26 Å². The summed E-state index contributed by atoms with van der Waals surface area (Å²) in [4.78, 5) is 23.4. The molecule has 1 aliphatic heterocycles. The van der Waals surface area contributed by atoms with Crippen LogP contribution in [0.2, 0.25) is 0 Å². The zero-order valence-corrected chi connectivity index (χ0v) is 11.6. The molecule has 0 spiro atoms. The van der Waals surface area contributed by atoms with Crippen molar-refractivity contribution < 1.29 is 40.7 Å². The molecular formula is C13H6F6N2O3. The van der Waals surface area contributed by atoms with Gasteiger partial charge in [0.2, 0.25) is 0 Å². The molecule has 2 rings (SSSR count). The first-order chi connectivity index (χ1) is 10.8. The molecular weight excluding hydrogens is 346 g/mol. The number of nitriles is 1. The summed E-state index contributed by atoms with van der Waals surface area (Å²) < 4.78 is 81.4. The Bertz CT molecular complexity index is 764. The number of nitrogens with zero attached hydrogens (tertiary/aromatic N) is 2. The summed E-state index contributed by atoms with van der Waals surface area (Å²) in [6.45, 7) is 0.293. The predicted molar refractivity (Wildman–Crippen MR) is 64.6 cm³/mol. The molecule has 1 aromatic carbocycles. The molecule has 0 radical (unpaired) electrons. The van der Waals surface area contributed by atoms with Gasteiger partial charge in [0.25, 0.3) is 11.5 Å². The third-order valence-electron chi connectivity index (χ3n) is 3.31. The molecule has 0 aliphatic carbocycles. The van der Waals surface area contributed by atoms with Crippen molar-refractivity contribution in [2.75, 3.05) is 4.90 Å². The first kappa shape index (κ1) is 17.6. The lowest BCUT2D eigenvalue weighted by Gasteiger charge is -2.22. The molecule has 2 amide bonds. The summed E-state index contributed by atoms with van der Waals surface area (Å²) in [5.74, 6) is -1.88. The van der Waals surface area contributed by atoms with Crippen molar-refractivity contribution in [2.45, 2.75) is 24.9 Å². The van der Waals surface area contributed by atoms with Gasteiger partial charge < -0.3 is 4.74 Å². The van der Waals surface area contributed by atoms with Crippen molar-refractivity contribution in [3.63, 3.8) is 0 Å². The van der Waals surface area contributed by atoms with E-state index in [1.165, 1.54) is 6.07 Å². The number of imide groups is 1. The highest BCUT2D eigenvalue weighted by atomic mass is 19.4. The van der Waals surface area contributed by atoms with Gasteiger partial charge in [0.15, 0.2) is 0 Å². The van der Waals surface area contributed by atoms with Crippen LogP contribution in [0.25, 0.3) is 0 Å². The predicted octanol–water partition coefficient (Wildman–Crippen LogP) is 3.38. The molecule has 1 atom stereocenters. The van der Waals surface area contributed by atoms with E-state index >= 15 is 0 Å². The number of halogens is 6. The number of rotatable bonds is 1. The van der Waals surface area contributed by atoms with E-state index in [1.54, 1.807) is 0 Å². The Labute approximate surface area is 130 Å². The number of ether oxygens (including phenoxy) is 1. The topological polar surface area (TPSA) is 70.4 Å². The second-order valence-electron chi connectivity index (χ2n) is 4.88. The highest BCUT2D eigenvalue weighted by Crippen LogP contribution is 2.42. The van der Waals surface area contributed by atoms with E-state index in [4.69, 9.17) is 5.26 Å². The maximum atomic E-state index is 12.9. The van der Waals surface area contributed by atoms with E-state index in [-0.39, 0.29) is 11.0 Å². The van der Waals surface area contributed by atoms with Gasteiger partial charge in [-0.05, 0) is 25.1 Å². The van der Waals surface area contributed by atoms with Crippen molar-refractivity contribution >= 4 is 17.7 Å². The van der Waals surface area contributed by atoms with Crippen LogP contribution in [0.1, 0.15) is 18.1 Å². The summed E-state index contributed by atoms with van der Waals surface area (Å²) in [5, 5.41) is 8.66. The second-order valence-corrected chi connectivity index (χ2v) is 4.88. The number of carbonyl (C=O) groups excluding carboxylic acids is 2. The molecule has 1 heterocycles. The monoisotopic (exact) mass is 352 g/mol. The lowest BCUT2D eigenvalue weighted by molar-refractivity contribution is -0.234. The maximum absolute atomic E-state index is 12.9. The molecule has 1 aliphatic rings. The largest absolute Gasteiger partial charge is 0.437 e. The minimum atomic E-state index is -5.26. The lowest BCUT2D eigenvalue weighted by atomic mass is 10.0. The normalized spacial score (nSPS) is 21.7. The van der Waals surface area contributed by atoms with Crippen molar-refractivity contribution in [1.82, 2.24) is 0 Å². The molecule has 1 saturated heterocycles. The second kappa shape index (κ2) is 5.12. The van der Waals surface area contributed by atoms with Gasteiger partial charge in [-0.25, -0.2) is 9.69 Å². The summed E-state index contributed by atoms with van der Waals surface area (Å²) >= 11 is 0.